The molecule has 0 fully saturated rings. The summed E-state index contributed by atoms with van der Waals surface area (Å²) in [6, 6.07) is 16.3. The number of ether oxygens (including phenoxy) is 3. The third-order valence-electron chi connectivity index (χ3n) is 6.64. The lowest BCUT2D eigenvalue weighted by molar-refractivity contribution is 0.159. The van der Waals surface area contributed by atoms with Gasteiger partial charge in [0.1, 0.15) is 4.90 Å². The summed E-state index contributed by atoms with van der Waals surface area (Å²) in [6.45, 7) is 1.69. The maximum Gasteiger partial charge on any atom is 0.339 e. The Balaban J connectivity index is 0.00000241. The Labute approximate surface area is 204 Å². The molecule has 9 heteroatoms. The summed E-state index contributed by atoms with van der Waals surface area (Å²) in [6.07, 6.45) is 1.63. The molecule has 3 aliphatic rings. The molecule has 0 saturated carbocycles. The van der Waals surface area contributed by atoms with E-state index in [2.05, 4.69) is 17.0 Å². The molecule has 0 spiro atoms. The number of nitrogens with zero attached hydrogens (tertiary/aromatic N) is 1. The van der Waals surface area contributed by atoms with Gasteiger partial charge in [-0.15, -0.1) is 12.4 Å². The fraction of sp³-hybridized carbons (Fsp3) is 0.280. The van der Waals surface area contributed by atoms with E-state index in [1.54, 1.807) is 24.3 Å². The Morgan fingerprint density at radius 1 is 1.00 bits per heavy atom. The minimum atomic E-state index is -3.99. The molecule has 3 heterocycles. The van der Waals surface area contributed by atoms with E-state index in [0.29, 0.717) is 12.3 Å². The fourth-order valence-electron chi connectivity index (χ4n) is 4.99. The zero-order valence-corrected chi connectivity index (χ0v) is 20.2. The van der Waals surface area contributed by atoms with E-state index < -0.39 is 10.1 Å². The van der Waals surface area contributed by atoms with Gasteiger partial charge in [0.2, 0.25) is 6.79 Å². The molecule has 0 bridgehead atoms. The Hall–Kier alpha value is -2.94. The van der Waals surface area contributed by atoms with Gasteiger partial charge in [-0.3, -0.25) is 4.90 Å². The lowest BCUT2D eigenvalue weighted by atomic mass is 9.83. The van der Waals surface area contributed by atoms with Crippen LogP contribution in [-0.4, -0.2) is 33.8 Å². The monoisotopic (exact) mass is 501 g/mol. The summed E-state index contributed by atoms with van der Waals surface area (Å²) in [5.74, 6) is 2.28. The van der Waals surface area contributed by atoms with Crippen LogP contribution in [0.3, 0.4) is 0 Å². The summed E-state index contributed by atoms with van der Waals surface area (Å²) >= 11 is 0. The van der Waals surface area contributed by atoms with Crippen molar-refractivity contribution in [3.63, 3.8) is 0 Å². The van der Waals surface area contributed by atoms with Crippen LogP contribution in [0.2, 0.25) is 0 Å². The molecule has 1 atom stereocenters. The highest BCUT2D eigenvalue weighted by Gasteiger charge is 2.36. The van der Waals surface area contributed by atoms with Crippen LogP contribution in [0, 0.1) is 0 Å². The average molecular weight is 502 g/mol. The van der Waals surface area contributed by atoms with E-state index in [0.717, 1.165) is 42.0 Å². The van der Waals surface area contributed by atoms with E-state index in [1.165, 1.54) is 30.4 Å². The largest absolute Gasteiger partial charge is 0.493 e. The first-order valence-electron chi connectivity index (χ1n) is 10.9. The Morgan fingerprint density at radius 2 is 1.76 bits per heavy atom. The molecule has 0 amide bonds. The molecule has 34 heavy (non-hydrogen) atoms. The number of rotatable bonds is 4. The van der Waals surface area contributed by atoms with Crippen molar-refractivity contribution in [2.45, 2.75) is 30.3 Å². The van der Waals surface area contributed by atoms with Crippen molar-refractivity contribution in [3.05, 3.63) is 76.9 Å². The summed E-state index contributed by atoms with van der Waals surface area (Å²) in [4.78, 5) is 2.48. The van der Waals surface area contributed by atoms with Crippen LogP contribution < -0.4 is 18.4 Å². The van der Waals surface area contributed by atoms with Crippen molar-refractivity contribution in [2.75, 3.05) is 20.4 Å². The smallest absolute Gasteiger partial charge is 0.339 e. The van der Waals surface area contributed by atoms with Gasteiger partial charge in [-0.2, -0.15) is 8.42 Å². The highest BCUT2D eigenvalue weighted by molar-refractivity contribution is 7.87. The van der Waals surface area contributed by atoms with Crippen molar-refractivity contribution >= 4 is 22.5 Å². The average Bonchev–Trinajstić information content (AvgIpc) is 3.30. The molecule has 0 aromatic heterocycles. The third-order valence-corrected chi connectivity index (χ3v) is 7.88. The number of hydrogen-bond donors (Lipinski definition) is 0. The molecule has 0 saturated heterocycles. The second-order valence-corrected chi connectivity index (χ2v) is 9.98. The number of methoxy groups -OCH3 is 1. The van der Waals surface area contributed by atoms with Gasteiger partial charge >= 0.3 is 10.1 Å². The van der Waals surface area contributed by atoms with Gasteiger partial charge in [-0.25, -0.2) is 0 Å². The van der Waals surface area contributed by atoms with Crippen molar-refractivity contribution in [1.82, 2.24) is 4.90 Å². The summed E-state index contributed by atoms with van der Waals surface area (Å²) in [5.41, 5.74) is 4.43. The van der Waals surface area contributed by atoms with Gasteiger partial charge in [0, 0.05) is 24.7 Å². The first-order valence-corrected chi connectivity index (χ1v) is 12.3. The highest BCUT2D eigenvalue weighted by Crippen LogP contribution is 2.47. The van der Waals surface area contributed by atoms with Crippen LogP contribution in [0.25, 0.3) is 0 Å². The SMILES string of the molecule is COc1ccc2c(c1OS(=O)(=O)c1ccccc1)CN1CCc3cc4c(cc3C1C2)OCO4.Cl. The molecule has 1 unspecified atom stereocenters. The van der Waals surface area contributed by atoms with Gasteiger partial charge in [-0.1, -0.05) is 24.3 Å². The van der Waals surface area contributed by atoms with E-state index in [-0.39, 0.29) is 35.9 Å². The Morgan fingerprint density at radius 3 is 2.53 bits per heavy atom. The number of halogens is 1. The lowest BCUT2D eigenvalue weighted by Gasteiger charge is -2.41. The third kappa shape index (κ3) is 3.76. The van der Waals surface area contributed by atoms with Gasteiger partial charge in [0.05, 0.1) is 7.11 Å². The minimum absolute atomic E-state index is 0. The van der Waals surface area contributed by atoms with Crippen LogP contribution in [-0.2, 0) is 29.5 Å². The van der Waals surface area contributed by atoms with Crippen LogP contribution >= 0.6 is 12.4 Å². The van der Waals surface area contributed by atoms with E-state index in [4.69, 9.17) is 18.4 Å². The summed E-state index contributed by atoms with van der Waals surface area (Å²) < 4.78 is 48.4. The van der Waals surface area contributed by atoms with Crippen molar-refractivity contribution in [3.8, 4) is 23.0 Å². The topological polar surface area (TPSA) is 74.3 Å². The molecule has 3 aromatic rings. The molecule has 6 rings (SSSR count). The van der Waals surface area contributed by atoms with Crippen LogP contribution in [0.4, 0.5) is 0 Å². The summed E-state index contributed by atoms with van der Waals surface area (Å²) in [5, 5.41) is 0. The van der Waals surface area contributed by atoms with Crippen LogP contribution in [0.5, 0.6) is 23.0 Å². The van der Waals surface area contributed by atoms with E-state index >= 15 is 0 Å². The molecule has 0 radical (unpaired) electrons. The molecular weight excluding hydrogens is 478 g/mol. The number of benzene rings is 3. The molecule has 0 N–H and O–H groups in total. The standard InChI is InChI=1S/C25H23NO6S.ClH/c1-29-22-8-7-16-11-21-19-13-24-23(30-15-31-24)12-17(19)9-10-26(21)14-20(16)25(22)32-33(27,28)18-5-3-2-4-6-18;/h2-8,12-13,21H,9-11,14-15H2,1H3;1H. The quantitative estimate of drug-likeness (QED) is 0.494. The van der Waals surface area contributed by atoms with Crippen molar-refractivity contribution in [2.24, 2.45) is 0 Å². The second-order valence-electron chi connectivity index (χ2n) is 8.43. The van der Waals surface area contributed by atoms with E-state index in [1.807, 2.05) is 6.07 Å². The van der Waals surface area contributed by atoms with Crippen LogP contribution in [0.1, 0.15) is 28.3 Å². The molecular formula is C25H24ClNO6S. The molecule has 178 valence electrons. The molecule has 7 nitrogen and oxygen atoms in total. The van der Waals surface area contributed by atoms with Gasteiger partial charge in [0.25, 0.3) is 0 Å². The second kappa shape index (κ2) is 8.69. The highest BCUT2D eigenvalue weighted by atomic mass is 35.5. The lowest BCUT2D eigenvalue weighted by Crippen LogP contribution is -2.39. The van der Waals surface area contributed by atoms with Crippen molar-refractivity contribution < 1.29 is 26.8 Å². The number of hydrogen-bond acceptors (Lipinski definition) is 7. The molecule has 3 aliphatic heterocycles. The predicted molar refractivity (Wildman–Crippen MR) is 128 cm³/mol. The predicted octanol–water partition coefficient (Wildman–Crippen LogP) is 4.27. The first kappa shape index (κ1) is 22.8. The van der Waals surface area contributed by atoms with Gasteiger partial charge in [0.15, 0.2) is 23.0 Å². The molecule has 0 aliphatic carbocycles. The van der Waals surface area contributed by atoms with Crippen molar-refractivity contribution in [1.29, 1.82) is 0 Å². The van der Waals surface area contributed by atoms with E-state index in [9.17, 15) is 8.42 Å². The normalized spacial score (nSPS) is 18.2. The molecule has 3 aromatic carbocycles. The number of fused-ring (bicyclic) bond motifs is 5. The van der Waals surface area contributed by atoms with Gasteiger partial charge < -0.3 is 18.4 Å². The first-order chi connectivity index (χ1) is 16.0. The Kier molecular flexibility index (Phi) is 5.83. The zero-order valence-electron chi connectivity index (χ0n) is 18.5. The fourth-order valence-corrected chi connectivity index (χ4v) is 5.98. The van der Waals surface area contributed by atoms with Gasteiger partial charge in [-0.05, 0) is 59.9 Å². The maximum absolute atomic E-state index is 13.0. The Bertz CT molecular complexity index is 1350. The summed E-state index contributed by atoms with van der Waals surface area (Å²) in [7, 11) is -2.47. The van der Waals surface area contributed by atoms with Crippen LogP contribution in [0.15, 0.2) is 59.5 Å². The zero-order chi connectivity index (χ0) is 22.6. The maximum atomic E-state index is 13.0. The minimum Gasteiger partial charge on any atom is -0.493 e.